The predicted octanol–water partition coefficient (Wildman–Crippen LogP) is 3.53. The summed E-state index contributed by atoms with van der Waals surface area (Å²) in [6, 6.07) is 1.32. The fourth-order valence-corrected chi connectivity index (χ4v) is 2.75. The Hall–Kier alpha value is -1.89. The standard InChI is InChI=1S/C17H18ClF3O4/c1-8(2)4-5-24-14-9(3)13-10(7-12(14)18)6-11(16(22)23)15(25-13)17(19,20)21/h6-8,15H,4-5H2,1-3H3,(H,22,23)/p-1/t15-/m0/s1. The van der Waals surface area contributed by atoms with Crippen LogP contribution in [0.1, 0.15) is 31.4 Å². The number of carbonyl (C=O) groups is 1. The fraction of sp³-hybridized carbons (Fsp3) is 0.471. The lowest BCUT2D eigenvalue weighted by atomic mass is 9.98. The second kappa shape index (κ2) is 7.15. The van der Waals surface area contributed by atoms with E-state index in [1.165, 1.54) is 13.0 Å². The Morgan fingerprint density at radius 1 is 1.44 bits per heavy atom. The highest BCUT2D eigenvalue weighted by Gasteiger charge is 2.47. The third-order valence-corrected chi connectivity index (χ3v) is 4.03. The van der Waals surface area contributed by atoms with Crippen molar-refractivity contribution in [3.63, 3.8) is 0 Å². The van der Waals surface area contributed by atoms with Gasteiger partial charge < -0.3 is 19.4 Å². The Kier molecular flexibility index (Phi) is 5.56. The van der Waals surface area contributed by atoms with Gasteiger partial charge in [-0.25, -0.2) is 0 Å². The topological polar surface area (TPSA) is 58.6 Å². The molecular weight excluding hydrogens is 361 g/mol. The average Bonchev–Trinajstić information content (AvgIpc) is 2.48. The van der Waals surface area contributed by atoms with Crippen molar-refractivity contribution in [2.45, 2.75) is 39.5 Å². The van der Waals surface area contributed by atoms with Crippen LogP contribution in [0.4, 0.5) is 13.2 Å². The number of rotatable bonds is 5. The zero-order valence-corrected chi connectivity index (χ0v) is 14.6. The van der Waals surface area contributed by atoms with Gasteiger partial charge >= 0.3 is 6.18 Å². The Morgan fingerprint density at radius 3 is 2.60 bits per heavy atom. The van der Waals surface area contributed by atoms with Crippen molar-refractivity contribution < 1.29 is 32.5 Å². The van der Waals surface area contributed by atoms with E-state index in [0.717, 1.165) is 12.5 Å². The van der Waals surface area contributed by atoms with Gasteiger partial charge in [0.05, 0.1) is 17.6 Å². The molecule has 2 rings (SSSR count). The first-order valence-electron chi connectivity index (χ1n) is 7.64. The van der Waals surface area contributed by atoms with Crippen molar-refractivity contribution in [3.8, 4) is 11.5 Å². The van der Waals surface area contributed by atoms with Crippen molar-refractivity contribution in [1.82, 2.24) is 0 Å². The molecule has 4 nitrogen and oxygen atoms in total. The van der Waals surface area contributed by atoms with Gasteiger partial charge in [0.2, 0.25) is 6.10 Å². The molecule has 25 heavy (non-hydrogen) atoms. The summed E-state index contributed by atoms with van der Waals surface area (Å²) in [5, 5.41) is 11.2. The van der Waals surface area contributed by atoms with E-state index in [-0.39, 0.29) is 27.6 Å². The van der Waals surface area contributed by atoms with E-state index in [4.69, 9.17) is 21.1 Å². The summed E-state index contributed by atoms with van der Waals surface area (Å²) < 4.78 is 50.0. The van der Waals surface area contributed by atoms with E-state index in [0.29, 0.717) is 12.5 Å². The first kappa shape index (κ1) is 19.4. The quantitative estimate of drug-likeness (QED) is 0.787. The number of halogens is 4. The van der Waals surface area contributed by atoms with Crippen LogP contribution in [-0.4, -0.2) is 24.9 Å². The van der Waals surface area contributed by atoms with Crippen molar-refractivity contribution in [2.75, 3.05) is 6.61 Å². The molecule has 1 aromatic carbocycles. The Labute approximate surface area is 148 Å². The summed E-state index contributed by atoms with van der Waals surface area (Å²) in [6.07, 6.45) is -5.88. The third kappa shape index (κ3) is 4.21. The highest BCUT2D eigenvalue weighted by Crippen LogP contribution is 2.44. The minimum Gasteiger partial charge on any atom is -0.545 e. The van der Waals surface area contributed by atoms with E-state index in [1.54, 1.807) is 0 Å². The molecule has 0 saturated heterocycles. The molecule has 1 heterocycles. The molecule has 1 atom stereocenters. The van der Waals surface area contributed by atoms with Crippen LogP contribution in [0, 0.1) is 12.8 Å². The summed E-state index contributed by atoms with van der Waals surface area (Å²) in [6.45, 7) is 5.88. The normalized spacial score (nSPS) is 17.0. The van der Waals surface area contributed by atoms with Gasteiger partial charge in [0.15, 0.2) is 0 Å². The molecule has 1 aliphatic heterocycles. The third-order valence-electron chi connectivity index (χ3n) is 3.75. The number of alkyl halides is 3. The molecule has 8 heteroatoms. The number of ether oxygens (including phenoxy) is 2. The first-order valence-corrected chi connectivity index (χ1v) is 8.02. The molecule has 0 N–H and O–H groups in total. The van der Waals surface area contributed by atoms with E-state index >= 15 is 0 Å². The van der Waals surface area contributed by atoms with Gasteiger partial charge in [0.25, 0.3) is 0 Å². The summed E-state index contributed by atoms with van der Waals surface area (Å²) in [7, 11) is 0. The number of carbonyl (C=O) groups excluding carboxylic acids is 1. The van der Waals surface area contributed by atoms with Crippen molar-refractivity contribution in [3.05, 3.63) is 27.8 Å². The summed E-state index contributed by atoms with van der Waals surface area (Å²) in [5.74, 6) is -1.43. The number of carboxylic acids is 1. The number of benzene rings is 1. The lowest BCUT2D eigenvalue weighted by Crippen LogP contribution is -2.44. The molecule has 0 bridgehead atoms. The Balaban J connectivity index is 2.45. The number of fused-ring (bicyclic) bond motifs is 1. The van der Waals surface area contributed by atoms with E-state index < -0.39 is 23.8 Å². The van der Waals surface area contributed by atoms with Crippen molar-refractivity contribution in [2.24, 2.45) is 5.92 Å². The highest BCUT2D eigenvalue weighted by molar-refractivity contribution is 6.32. The van der Waals surface area contributed by atoms with Crippen LogP contribution in [0.25, 0.3) is 6.08 Å². The number of carboxylic acid groups (broad SMARTS) is 1. The van der Waals surface area contributed by atoms with Crippen LogP contribution in [-0.2, 0) is 4.79 Å². The van der Waals surface area contributed by atoms with Gasteiger partial charge in [-0.3, -0.25) is 0 Å². The van der Waals surface area contributed by atoms with E-state index in [2.05, 4.69) is 0 Å². The molecule has 0 unspecified atom stereocenters. The molecule has 0 spiro atoms. The molecule has 138 valence electrons. The van der Waals surface area contributed by atoms with E-state index in [9.17, 15) is 23.1 Å². The monoisotopic (exact) mass is 377 g/mol. The maximum Gasteiger partial charge on any atom is 0.429 e. The van der Waals surface area contributed by atoms with Crippen LogP contribution in [0.2, 0.25) is 5.02 Å². The van der Waals surface area contributed by atoms with Gasteiger partial charge in [0, 0.05) is 16.7 Å². The molecule has 0 fully saturated rings. The van der Waals surface area contributed by atoms with Gasteiger partial charge in [-0.05, 0) is 31.4 Å². The molecule has 0 amide bonds. The van der Waals surface area contributed by atoms with Gasteiger partial charge in [-0.1, -0.05) is 25.4 Å². The summed E-state index contributed by atoms with van der Waals surface area (Å²) in [4.78, 5) is 11.0. The first-order chi connectivity index (χ1) is 11.5. The Morgan fingerprint density at radius 2 is 2.08 bits per heavy atom. The molecule has 0 saturated carbocycles. The second-order valence-electron chi connectivity index (χ2n) is 6.19. The molecule has 0 aliphatic carbocycles. The zero-order valence-electron chi connectivity index (χ0n) is 13.9. The van der Waals surface area contributed by atoms with Gasteiger partial charge in [0.1, 0.15) is 11.5 Å². The summed E-state index contributed by atoms with van der Waals surface area (Å²) >= 11 is 6.14. The Bertz CT molecular complexity index is 711. The lowest BCUT2D eigenvalue weighted by molar-refractivity contribution is -0.302. The van der Waals surface area contributed by atoms with Crippen LogP contribution in [0.3, 0.4) is 0 Å². The lowest BCUT2D eigenvalue weighted by Gasteiger charge is -2.31. The van der Waals surface area contributed by atoms with Gasteiger partial charge in [-0.15, -0.1) is 0 Å². The second-order valence-corrected chi connectivity index (χ2v) is 6.60. The highest BCUT2D eigenvalue weighted by atomic mass is 35.5. The predicted molar refractivity (Wildman–Crippen MR) is 84.6 cm³/mol. The number of aliphatic carboxylic acids is 1. The largest absolute Gasteiger partial charge is 0.545 e. The smallest absolute Gasteiger partial charge is 0.429 e. The minimum atomic E-state index is -4.89. The van der Waals surface area contributed by atoms with Crippen LogP contribution in [0.5, 0.6) is 11.5 Å². The molecule has 0 aromatic heterocycles. The van der Waals surface area contributed by atoms with E-state index in [1.807, 2.05) is 13.8 Å². The number of hydrogen-bond acceptors (Lipinski definition) is 4. The van der Waals surface area contributed by atoms with Crippen molar-refractivity contribution in [1.29, 1.82) is 0 Å². The maximum atomic E-state index is 13.1. The molecular formula is C17H17ClF3O4-. The van der Waals surface area contributed by atoms with Crippen LogP contribution >= 0.6 is 11.6 Å². The minimum absolute atomic E-state index is 0.101. The van der Waals surface area contributed by atoms with Crippen molar-refractivity contribution >= 4 is 23.6 Å². The fourth-order valence-electron chi connectivity index (χ4n) is 2.44. The van der Waals surface area contributed by atoms with Gasteiger partial charge in [-0.2, -0.15) is 13.2 Å². The van der Waals surface area contributed by atoms with Crippen LogP contribution < -0.4 is 14.6 Å². The maximum absolute atomic E-state index is 13.1. The molecule has 1 aromatic rings. The van der Waals surface area contributed by atoms with Crippen LogP contribution in [0.15, 0.2) is 11.6 Å². The SMILES string of the molecule is Cc1c(OCCC(C)C)c(Cl)cc2c1O[C@H](C(F)(F)F)C(C(=O)[O-])=C2. The average molecular weight is 378 g/mol. The molecule has 0 radical (unpaired) electrons. The zero-order chi connectivity index (χ0) is 18.9. The number of hydrogen-bond donors (Lipinski definition) is 0. The summed E-state index contributed by atoms with van der Waals surface area (Å²) in [5.41, 5.74) is -0.573. The molecule has 1 aliphatic rings.